The molecule has 0 radical (unpaired) electrons. The lowest BCUT2D eigenvalue weighted by Crippen LogP contribution is -1.87. The molecule has 0 saturated heterocycles. The molecule has 0 spiro atoms. The topological polar surface area (TPSA) is 47.2 Å². The summed E-state index contributed by atoms with van der Waals surface area (Å²) in [6.45, 7) is 0. The second kappa shape index (κ2) is 4.53. The highest BCUT2D eigenvalue weighted by Crippen LogP contribution is 2.18. The molecular weight excluding hydrogens is 202 g/mol. The van der Waals surface area contributed by atoms with E-state index in [-0.39, 0.29) is 5.82 Å². The Morgan fingerprint density at radius 1 is 1.25 bits per heavy atom. The lowest BCUT2D eigenvalue weighted by molar-refractivity contribution is 0.902. The molecule has 0 unspecified atom stereocenters. The quantitative estimate of drug-likeness (QED) is 0.736. The van der Waals surface area contributed by atoms with Crippen LogP contribution in [0.2, 0.25) is 0 Å². The van der Waals surface area contributed by atoms with Crippen LogP contribution >= 0.6 is 0 Å². The summed E-state index contributed by atoms with van der Waals surface area (Å²) in [7, 11) is 1.83. The van der Waals surface area contributed by atoms with Crippen LogP contribution in [0.1, 0.15) is 11.3 Å². The lowest BCUT2D eigenvalue weighted by Gasteiger charge is -1.95. The van der Waals surface area contributed by atoms with Crippen molar-refractivity contribution in [2.24, 2.45) is 12.2 Å². The van der Waals surface area contributed by atoms with Gasteiger partial charge in [-0.2, -0.15) is 0 Å². The van der Waals surface area contributed by atoms with Crippen molar-refractivity contribution in [3.05, 3.63) is 52.8 Å². The first-order chi connectivity index (χ1) is 7.81. The Morgan fingerprint density at radius 3 is 2.69 bits per heavy atom. The van der Waals surface area contributed by atoms with Crippen molar-refractivity contribution in [1.82, 2.24) is 9.55 Å². The number of hydrogen-bond donors (Lipinski definition) is 0. The molecule has 0 aliphatic rings. The first-order valence-electron chi connectivity index (χ1n) is 4.89. The minimum Gasteiger partial charge on any atom is -0.332 e. The maximum Gasteiger partial charge on any atom is 0.221 e. The van der Waals surface area contributed by atoms with E-state index >= 15 is 0 Å². The summed E-state index contributed by atoms with van der Waals surface area (Å²) in [5, 5.41) is 2.87. The fourth-order valence-corrected chi connectivity index (χ4v) is 1.43. The average Bonchev–Trinajstić information content (AvgIpc) is 2.69. The molecule has 0 atom stereocenters. The Kier molecular flexibility index (Phi) is 2.91. The third-order valence-electron chi connectivity index (χ3n) is 2.28. The fraction of sp³-hybridized carbons (Fsp3) is 0.0833. The zero-order chi connectivity index (χ0) is 11.4. The lowest BCUT2D eigenvalue weighted by atomic mass is 10.2. The second-order valence-electron chi connectivity index (χ2n) is 3.40. The van der Waals surface area contributed by atoms with Crippen LogP contribution in [0.4, 0.5) is 5.82 Å². The van der Waals surface area contributed by atoms with Gasteiger partial charge in [0, 0.05) is 7.05 Å². The first kappa shape index (κ1) is 10.3. The third kappa shape index (κ3) is 2.06. The van der Waals surface area contributed by atoms with Crippen molar-refractivity contribution < 1.29 is 0 Å². The fourth-order valence-electron chi connectivity index (χ4n) is 1.43. The molecule has 0 aliphatic heterocycles. The van der Waals surface area contributed by atoms with Gasteiger partial charge in [0.1, 0.15) is 0 Å². The molecule has 0 N–H and O–H groups in total. The van der Waals surface area contributed by atoms with Crippen molar-refractivity contribution in [3.8, 4) is 0 Å². The molecule has 2 rings (SSSR count). The van der Waals surface area contributed by atoms with Gasteiger partial charge in [-0.15, -0.1) is 4.91 Å². The van der Waals surface area contributed by atoms with Crippen molar-refractivity contribution in [2.45, 2.75) is 0 Å². The van der Waals surface area contributed by atoms with Gasteiger partial charge < -0.3 is 4.57 Å². The Balaban J connectivity index is 2.30. The van der Waals surface area contributed by atoms with Crippen LogP contribution in [0.15, 0.2) is 41.8 Å². The molecule has 0 bridgehead atoms. The molecule has 2 aromatic rings. The van der Waals surface area contributed by atoms with E-state index in [1.807, 2.05) is 49.5 Å². The van der Waals surface area contributed by atoms with Gasteiger partial charge in [0.15, 0.2) is 0 Å². The van der Waals surface area contributed by atoms with Crippen molar-refractivity contribution in [1.29, 1.82) is 0 Å². The standard InChI is InChI=1S/C12H11N3O/c1-15-9-13-12(14-16)11(15)8-7-10-5-3-2-4-6-10/h2-9H,1H3/b8-7+. The van der Waals surface area contributed by atoms with Crippen LogP contribution in [-0.2, 0) is 7.05 Å². The number of aryl methyl sites for hydroxylation is 1. The highest BCUT2D eigenvalue weighted by Gasteiger charge is 2.04. The van der Waals surface area contributed by atoms with Crippen LogP contribution in [0, 0.1) is 4.91 Å². The van der Waals surface area contributed by atoms with Gasteiger partial charge in [-0.3, -0.25) is 0 Å². The maximum absolute atomic E-state index is 10.5. The minimum atomic E-state index is 0.217. The van der Waals surface area contributed by atoms with Crippen molar-refractivity contribution in [3.63, 3.8) is 0 Å². The van der Waals surface area contributed by atoms with E-state index in [4.69, 9.17) is 0 Å². The second-order valence-corrected chi connectivity index (χ2v) is 3.40. The van der Waals surface area contributed by atoms with Gasteiger partial charge in [-0.1, -0.05) is 36.4 Å². The van der Waals surface area contributed by atoms with E-state index in [0.717, 1.165) is 5.56 Å². The summed E-state index contributed by atoms with van der Waals surface area (Å²) >= 11 is 0. The molecule has 1 aromatic carbocycles. The van der Waals surface area contributed by atoms with Crippen LogP contribution in [-0.4, -0.2) is 9.55 Å². The van der Waals surface area contributed by atoms with E-state index in [0.29, 0.717) is 5.69 Å². The van der Waals surface area contributed by atoms with Crippen molar-refractivity contribution >= 4 is 18.0 Å². The predicted molar refractivity (Wildman–Crippen MR) is 64.0 cm³/mol. The molecule has 1 aromatic heterocycles. The van der Waals surface area contributed by atoms with E-state index in [2.05, 4.69) is 10.2 Å². The van der Waals surface area contributed by atoms with Gasteiger partial charge in [0.25, 0.3) is 0 Å². The largest absolute Gasteiger partial charge is 0.332 e. The molecule has 80 valence electrons. The molecular formula is C12H11N3O. The molecule has 4 nitrogen and oxygen atoms in total. The number of imidazole rings is 1. The Bertz CT molecular complexity index is 514. The normalized spacial score (nSPS) is 10.8. The predicted octanol–water partition coefficient (Wildman–Crippen LogP) is 2.99. The van der Waals surface area contributed by atoms with E-state index in [1.165, 1.54) is 0 Å². The Labute approximate surface area is 93.2 Å². The Morgan fingerprint density at radius 2 is 2.00 bits per heavy atom. The van der Waals surface area contributed by atoms with Gasteiger partial charge in [0.05, 0.1) is 12.0 Å². The van der Waals surface area contributed by atoms with Crippen LogP contribution in [0.5, 0.6) is 0 Å². The molecule has 0 aliphatic carbocycles. The van der Waals surface area contributed by atoms with E-state index < -0.39 is 0 Å². The molecule has 0 saturated carbocycles. The molecule has 0 fully saturated rings. The zero-order valence-corrected chi connectivity index (χ0v) is 8.87. The average molecular weight is 213 g/mol. The molecule has 1 heterocycles. The number of benzene rings is 1. The highest BCUT2D eigenvalue weighted by atomic mass is 16.3. The SMILES string of the molecule is Cn1cnc(N=O)c1/C=C/c1ccccc1. The van der Waals surface area contributed by atoms with Gasteiger partial charge >= 0.3 is 0 Å². The number of aromatic nitrogens is 2. The van der Waals surface area contributed by atoms with Gasteiger partial charge in [0.2, 0.25) is 5.82 Å². The summed E-state index contributed by atoms with van der Waals surface area (Å²) in [5.74, 6) is 0.217. The zero-order valence-electron chi connectivity index (χ0n) is 8.87. The van der Waals surface area contributed by atoms with E-state index in [9.17, 15) is 4.91 Å². The monoisotopic (exact) mass is 213 g/mol. The summed E-state index contributed by atoms with van der Waals surface area (Å²) in [4.78, 5) is 14.4. The highest BCUT2D eigenvalue weighted by molar-refractivity contribution is 5.72. The Hall–Kier alpha value is -2.23. The van der Waals surface area contributed by atoms with Gasteiger partial charge in [-0.05, 0) is 16.8 Å². The number of rotatable bonds is 3. The minimum absolute atomic E-state index is 0.217. The summed E-state index contributed by atoms with van der Waals surface area (Å²) < 4.78 is 1.76. The van der Waals surface area contributed by atoms with Gasteiger partial charge in [-0.25, -0.2) is 4.98 Å². The number of nitrogens with zero attached hydrogens (tertiary/aromatic N) is 3. The summed E-state index contributed by atoms with van der Waals surface area (Å²) in [6, 6.07) is 9.85. The third-order valence-corrected chi connectivity index (χ3v) is 2.28. The summed E-state index contributed by atoms with van der Waals surface area (Å²) in [6.07, 6.45) is 5.33. The number of hydrogen-bond acceptors (Lipinski definition) is 3. The van der Waals surface area contributed by atoms with Crippen molar-refractivity contribution in [2.75, 3.05) is 0 Å². The van der Waals surface area contributed by atoms with Crippen LogP contribution < -0.4 is 0 Å². The molecule has 16 heavy (non-hydrogen) atoms. The van der Waals surface area contributed by atoms with Crippen LogP contribution in [0.3, 0.4) is 0 Å². The molecule has 0 amide bonds. The summed E-state index contributed by atoms with van der Waals surface area (Å²) in [5.41, 5.74) is 1.78. The maximum atomic E-state index is 10.5. The smallest absolute Gasteiger partial charge is 0.221 e. The van der Waals surface area contributed by atoms with Crippen LogP contribution in [0.25, 0.3) is 12.2 Å². The number of nitroso groups, excluding NO2 is 1. The molecule has 4 heteroatoms. The first-order valence-corrected chi connectivity index (χ1v) is 4.89. The van der Waals surface area contributed by atoms with E-state index in [1.54, 1.807) is 10.9 Å².